The summed E-state index contributed by atoms with van der Waals surface area (Å²) < 4.78 is 0. The number of amides is 3. The van der Waals surface area contributed by atoms with Crippen LogP contribution in [0.2, 0.25) is 0 Å². The van der Waals surface area contributed by atoms with Crippen LogP contribution in [0, 0.1) is 0 Å². The molecular formula is C16H18N2O3. The van der Waals surface area contributed by atoms with Crippen molar-refractivity contribution in [2.75, 3.05) is 6.54 Å². The summed E-state index contributed by atoms with van der Waals surface area (Å²) in [5.74, 6) is -0.966. The smallest absolute Gasteiger partial charge is 0.261 e. The molecule has 1 atom stereocenters. The average Bonchev–Trinajstić information content (AvgIpc) is 2.72. The van der Waals surface area contributed by atoms with Crippen LogP contribution in [0.15, 0.2) is 30.9 Å². The van der Waals surface area contributed by atoms with Crippen molar-refractivity contribution < 1.29 is 14.4 Å². The highest BCUT2D eigenvalue weighted by Crippen LogP contribution is 2.24. The second-order valence-corrected chi connectivity index (χ2v) is 5.05. The van der Waals surface area contributed by atoms with E-state index in [1.807, 2.05) is 13.8 Å². The van der Waals surface area contributed by atoms with Gasteiger partial charge < -0.3 is 5.32 Å². The molecule has 0 aliphatic carbocycles. The summed E-state index contributed by atoms with van der Waals surface area (Å²) >= 11 is 0. The molecule has 1 unspecified atom stereocenters. The van der Waals surface area contributed by atoms with Crippen molar-refractivity contribution in [1.82, 2.24) is 10.2 Å². The fourth-order valence-corrected chi connectivity index (χ4v) is 2.14. The molecule has 3 amide bonds. The molecule has 2 rings (SSSR count). The molecule has 1 heterocycles. The zero-order valence-electron chi connectivity index (χ0n) is 12.2. The molecule has 5 nitrogen and oxygen atoms in total. The standard InChI is InChI=1S/C16H18N2O3/c1-4-8-18-15(20)12-7-6-11(9-13(12)16(18)21)14(19)17-10(3)5-2/h4,6-7,9-10H,1,5,8H2,2-3H3,(H,17,19). The Balaban J connectivity index is 2.30. The van der Waals surface area contributed by atoms with Gasteiger partial charge in [0.2, 0.25) is 0 Å². The summed E-state index contributed by atoms with van der Waals surface area (Å²) in [5.41, 5.74) is 0.997. The van der Waals surface area contributed by atoms with Gasteiger partial charge in [-0.05, 0) is 31.5 Å². The molecule has 1 aromatic rings. The van der Waals surface area contributed by atoms with Gasteiger partial charge in [-0.3, -0.25) is 19.3 Å². The van der Waals surface area contributed by atoms with E-state index in [2.05, 4.69) is 11.9 Å². The first-order valence-corrected chi connectivity index (χ1v) is 6.91. The van der Waals surface area contributed by atoms with Crippen molar-refractivity contribution in [3.63, 3.8) is 0 Å². The Morgan fingerprint density at radius 3 is 2.62 bits per heavy atom. The molecule has 1 aromatic carbocycles. The lowest BCUT2D eigenvalue weighted by molar-refractivity contribution is 0.0672. The SMILES string of the molecule is C=CCN1C(=O)c2ccc(C(=O)NC(C)CC)cc2C1=O. The predicted molar refractivity (Wildman–Crippen MR) is 79.2 cm³/mol. The van der Waals surface area contributed by atoms with Gasteiger partial charge in [0.05, 0.1) is 11.1 Å². The van der Waals surface area contributed by atoms with Gasteiger partial charge in [-0.25, -0.2) is 0 Å². The molecule has 1 N–H and O–H groups in total. The molecule has 1 aliphatic rings. The Bertz CT molecular complexity index is 622. The van der Waals surface area contributed by atoms with Crippen molar-refractivity contribution in [1.29, 1.82) is 0 Å². The molecule has 110 valence electrons. The highest BCUT2D eigenvalue weighted by Gasteiger charge is 2.35. The van der Waals surface area contributed by atoms with Crippen LogP contribution >= 0.6 is 0 Å². The number of benzene rings is 1. The number of hydrogen-bond acceptors (Lipinski definition) is 3. The molecule has 0 radical (unpaired) electrons. The van der Waals surface area contributed by atoms with E-state index in [4.69, 9.17) is 0 Å². The topological polar surface area (TPSA) is 66.5 Å². The van der Waals surface area contributed by atoms with Gasteiger partial charge in [0, 0.05) is 18.2 Å². The van der Waals surface area contributed by atoms with Crippen LogP contribution in [-0.2, 0) is 0 Å². The first-order chi connectivity index (χ1) is 9.99. The summed E-state index contributed by atoms with van der Waals surface area (Å²) in [6.45, 7) is 7.58. The third-order valence-electron chi connectivity index (χ3n) is 3.53. The van der Waals surface area contributed by atoms with Gasteiger partial charge in [-0.15, -0.1) is 6.58 Å². The van der Waals surface area contributed by atoms with Crippen LogP contribution in [0.25, 0.3) is 0 Å². The quantitative estimate of drug-likeness (QED) is 0.665. The average molecular weight is 286 g/mol. The summed E-state index contributed by atoms with van der Waals surface area (Å²) in [6.07, 6.45) is 2.32. The van der Waals surface area contributed by atoms with Gasteiger partial charge in [0.25, 0.3) is 17.7 Å². The van der Waals surface area contributed by atoms with Crippen molar-refractivity contribution in [3.8, 4) is 0 Å². The second kappa shape index (κ2) is 5.91. The molecule has 21 heavy (non-hydrogen) atoms. The maximum absolute atomic E-state index is 12.2. The minimum absolute atomic E-state index is 0.0559. The summed E-state index contributed by atoms with van der Waals surface area (Å²) in [4.78, 5) is 37.4. The number of nitrogens with zero attached hydrogens (tertiary/aromatic N) is 1. The number of rotatable bonds is 5. The summed E-state index contributed by atoms with van der Waals surface area (Å²) in [7, 11) is 0. The Hall–Kier alpha value is -2.43. The van der Waals surface area contributed by atoms with E-state index >= 15 is 0 Å². The number of imide groups is 1. The third kappa shape index (κ3) is 2.72. The molecule has 0 aromatic heterocycles. The van der Waals surface area contributed by atoms with Gasteiger partial charge in [0.1, 0.15) is 0 Å². The Labute approximate surface area is 123 Å². The lowest BCUT2D eigenvalue weighted by Gasteiger charge is -2.11. The Kier molecular flexibility index (Phi) is 4.21. The van der Waals surface area contributed by atoms with E-state index in [0.29, 0.717) is 11.1 Å². The van der Waals surface area contributed by atoms with Crippen LogP contribution in [0.3, 0.4) is 0 Å². The van der Waals surface area contributed by atoms with E-state index in [1.54, 1.807) is 6.07 Å². The lowest BCUT2D eigenvalue weighted by atomic mass is 10.0. The number of hydrogen-bond donors (Lipinski definition) is 1. The highest BCUT2D eigenvalue weighted by atomic mass is 16.2. The summed E-state index contributed by atoms with van der Waals surface area (Å²) in [5, 5.41) is 2.83. The Morgan fingerprint density at radius 2 is 2.00 bits per heavy atom. The molecule has 0 spiro atoms. The molecule has 1 aliphatic heterocycles. The molecule has 0 fully saturated rings. The van der Waals surface area contributed by atoms with Gasteiger partial charge in [-0.2, -0.15) is 0 Å². The largest absolute Gasteiger partial charge is 0.350 e. The van der Waals surface area contributed by atoms with Crippen molar-refractivity contribution >= 4 is 17.7 Å². The normalized spacial score (nSPS) is 14.9. The van der Waals surface area contributed by atoms with Crippen molar-refractivity contribution in [3.05, 3.63) is 47.5 Å². The van der Waals surface area contributed by atoms with E-state index in [1.165, 1.54) is 18.2 Å². The van der Waals surface area contributed by atoms with Crippen LogP contribution in [0.4, 0.5) is 0 Å². The first kappa shape index (κ1) is 15.0. The minimum atomic E-state index is -0.381. The van der Waals surface area contributed by atoms with Crippen molar-refractivity contribution in [2.24, 2.45) is 0 Å². The second-order valence-electron chi connectivity index (χ2n) is 5.05. The highest BCUT2D eigenvalue weighted by molar-refractivity contribution is 6.22. The first-order valence-electron chi connectivity index (χ1n) is 6.91. The zero-order chi connectivity index (χ0) is 15.6. The van der Waals surface area contributed by atoms with Gasteiger partial charge in [0.15, 0.2) is 0 Å². The van der Waals surface area contributed by atoms with E-state index < -0.39 is 0 Å². The fraction of sp³-hybridized carbons (Fsp3) is 0.312. The van der Waals surface area contributed by atoms with Crippen LogP contribution in [0.5, 0.6) is 0 Å². The van der Waals surface area contributed by atoms with Crippen LogP contribution < -0.4 is 5.32 Å². The molecule has 0 bridgehead atoms. The predicted octanol–water partition coefficient (Wildman–Crippen LogP) is 2.00. The molecular weight excluding hydrogens is 268 g/mol. The number of fused-ring (bicyclic) bond motifs is 1. The van der Waals surface area contributed by atoms with E-state index in [-0.39, 0.29) is 35.9 Å². The van der Waals surface area contributed by atoms with Gasteiger partial charge in [-0.1, -0.05) is 13.0 Å². The number of carbonyl (C=O) groups excluding carboxylic acids is 3. The lowest BCUT2D eigenvalue weighted by Crippen LogP contribution is -2.32. The monoisotopic (exact) mass is 286 g/mol. The number of carbonyl (C=O) groups is 3. The molecule has 5 heteroatoms. The van der Waals surface area contributed by atoms with Crippen molar-refractivity contribution in [2.45, 2.75) is 26.3 Å². The zero-order valence-corrected chi connectivity index (χ0v) is 12.2. The maximum Gasteiger partial charge on any atom is 0.261 e. The van der Waals surface area contributed by atoms with Crippen LogP contribution in [-0.4, -0.2) is 35.2 Å². The maximum atomic E-state index is 12.2. The molecule has 0 saturated carbocycles. The summed E-state index contributed by atoms with van der Waals surface area (Å²) in [6, 6.07) is 4.64. The third-order valence-corrected chi connectivity index (χ3v) is 3.53. The van der Waals surface area contributed by atoms with E-state index in [9.17, 15) is 14.4 Å². The minimum Gasteiger partial charge on any atom is -0.350 e. The Morgan fingerprint density at radius 1 is 1.33 bits per heavy atom. The molecule has 0 saturated heterocycles. The van der Waals surface area contributed by atoms with Crippen LogP contribution in [0.1, 0.15) is 51.3 Å². The van der Waals surface area contributed by atoms with E-state index in [0.717, 1.165) is 11.3 Å². The fourth-order valence-electron chi connectivity index (χ4n) is 2.14. The number of nitrogens with one attached hydrogen (secondary N) is 1. The van der Waals surface area contributed by atoms with Gasteiger partial charge >= 0.3 is 0 Å².